The minimum Gasteiger partial charge on any atom is -0.476 e. The molecular formula is C5H7N3O2S. The standard InChI is InChI=1S/C5H7N3O2S/c1-6-8-5-7-3(2-11-5)4(9)10/h2,6H,1H3,(H,7,8)(H,9,10). The van der Waals surface area contributed by atoms with Crippen LogP contribution in [0.1, 0.15) is 10.5 Å². The van der Waals surface area contributed by atoms with Crippen LogP contribution in [-0.2, 0) is 0 Å². The van der Waals surface area contributed by atoms with Crippen LogP contribution in [0.4, 0.5) is 5.13 Å². The van der Waals surface area contributed by atoms with E-state index in [1.54, 1.807) is 7.05 Å². The molecule has 0 aliphatic heterocycles. The van der Waals surface area contributed by atoms with Gasteiger partial charge in [0.2, 0.25) is 0 Å². The van der Waals surface area contributed by atoms with Gasteiger partial charge in [0.15, 0.2) is 10.8 Å². The highest BCUT2D eigenvalue weighted by Gasteiger charge is 2.06. The van der Waals surface area contributed by atoms with E-state index in [1.807, 2.05) is 0 Å². The summed E-state index contributed by atoms with van der Waals surface area (Å²) in [7, 11) is 1.68. The summed E-state index contributed by atoms with van der Waals surface area (Å²) in [4.78, 5) is 14.1. The van der Waals surface area contributed by atoms with Crippen molar-refractivity contribution in [3.8, 4) is 0 Å². The van der Waals surface area contributed by atoms with Gasteiger partial charge in [-0.2, -0.15) is 0 Å². The predicted octanol–water partition coefficient (Wildman–Crippen LogP) is 0.388. The monoisotopic (exact) mass is 173 g/mol. The summed E-state index contributed by atoms with van der Waals surface area (Å²) < 4.78 is 0. The van der Waals surface area contributed by atoms with Crippen LogP contribution in [0.2, 0.25) is 0 Å². The fraction of sp³-hybridized carbons (Fsp3) is 0.200. The average molecular weight is 173 g/mol. The second-order valence-corrected chi connectivity index (χ2v) is 2.58. The smallest absolute Gasteiger partial charge is 0.355 e. The molecule has 60 valence electrons. The van der Waals surface area contributed by atoms with Crippen molar-refractivity contribution in [2.24, 2.45) is 0 Å². The summed E-state index contributed by atoms with van der Waals surface area (Å²) in [5, 5.41) is 10.5. The number of hydrazine groups is 1. The molecule has 0 atom stereocenters. The molecule has 5 nitrogen and oxygen atoms in total. The second kappa shape index (κ2) is 3.31. The summed E-state index contributed by atoms with van der Waals surface area (Å²) >= 11 is 1.24. The zero-order valence-corrected chi connectivity index (χ0v) is 6.60. The molecule has 0 fully saturated rings. The number of aromatic carboxylic acids is 1. The number of hydrogen-bond acceptors (Lipinski definition) is 5. The van der Waals surface area contributed by atoms with Crippen molar-refractivity contribution in [3.63, 3.8) is 0 Å². The van der Waals surface area contributed by atoms with E-state index in [2.05, 4.69) is 15.8 Å². The molecule has 6 heteroatoms. The number of nitrogens with zero attached hydrogens (tertiary/aromatic N) is 1. The maximum Gasteiger partial charge on any atom is 0.355 e. The number of thiazole rings is 1. The Bertz CT molecular complexity index is 260. The van der Waals surface area contributed by atoms with Crippen molar-refractivity contribution in [1.29, 1.82) is 0 Å². The highest BCUT2D eigenvalue weighted by molar-refractivity contribution is 7.13. The van der Waals surface area contributed by atoms with Crippen molar-refractivity contribution in [1.82, 2.24) is 10.4 Å². The van der Waals surface area contributed by atoms with Gasteiger partial charge in [-0.25, -0.2) is 15.2 Å². The third-order valence-corrected chi connectivity index (χ3v) is 1.71. The molecule has 1 heterocycles. The molecule has 3 N–H and O–H groups in total. The number of hydrogen-bond donors (Lipinski definition) is 3. The third kappa shape index (κ3) is 1.89. The normalized spacial score (nSPS) is 9.55. The number of carboxylic acid groups (broad SMARTS) is 1. The Morgan fingerprint density at radius 2 is 2.55 bits per heavy atom. The molecule has 0 saturated heterocycles. The molecule has 0 saturated carbocycles. The topological polar surface area (TPSA) is 74.2 Å². The lowest BCUT2D eigenvalue weighted by molar-refractivity contribution is 0.0691. The summed E-state index contributed by atoms with van der Waals surface area (Å²) in [6.07, 6.45) is 0. The summed E-state index contributed by atoms with van der Waals surface area (Å²) in [6.45, 7) is 0. The van der Waals surface area contributed by atoms with Gasteiger partial charge in [-0.3, -0.25) is 5.43 Å². The van der Waals surface area contributed by atoms with Gasteiger partial charge in [0.1, 0.15) is 0 Å². The molecule has 1 rings (SSSR count). The first kappa shape index (κ1) is 7.96. The SMILES string of the molecule is CNNc1nc(C(=O)O)cs1. The van der Waals surface area contributed by atoms with Crippen molar-refractivity contribution in [2.75, 3.05) is 12.5 Å². The van der Waals surface area contributed by atoms with Crippen molar-refractivity contribution in [3.05, 3.63) is 11.1 Å². The molecule has 0 aliphatic carbocycles. The van der Waals surface area contributed by atoms with Crippen molar-refractivity contribution >= 4 is 22.4 Å². The maximum atomic E-state index is 10.3. The first-order chi connectivity index (χ1) is 5.24. The average Bonchev–Trinajstić information content (AvgIpc) is 2.37. The van der Waals surface area contributed by atoms with Crippen LogP contribution in [0.5, 0.6) is 0 Å². The van der Waals surface area contributed by atoms with E-state index in [0.29, 0.717) is 5.13 Å². The Kier molecular flexibility index (Phi) is 2.40. The van der Waals surface area contributed by atoms with Gasteiger partial charge >= 0.3 is 5.97 Å². The van der Waals surface area contributed by atoms with Gasteiger partial charge < -0.3 is 5.11 Å². The van der Waals surface area contributed by atoms with Crippen LogP contribution in [0.25, 0.3) is 0 Å². The predicted molar refractivity (Wildman–Crippen MR) is 41.8 cm³/mol. The molecule has 0 bridgehead atoms. The third-order valence-electron chi connectivity index (χ3n) is 0.955. The zero-order valence-electron chi connectivity index (χ0n) is 5.79. The van der Waals surface area contributed by atoms with Gasteiger partial charge in [-0.05, 0) is 0 Å². The van der Waals surface area contributed by atoms with E-state index in [4.69, 9.17) is 5.11 Å². The van der Waals surface area contributed by atoms with Gasteiger partial charge in [-0.1, -0.05) is 0 Å². The Balaban J connectivity index is 2.73. The number of rotatable bonds is 3. The van der Waals surface area contributed by atoms with E-state index < -0.39 is 5.97 Å². The molecule has 0 radical (unpaired) electrons. The molecule has 0 spiro atoms. The first-order valence-corrected chi connectivity index (χ1v) is 3.73. The highest BCUT2D eigenvalue weighted by Crippen LogP contribution is 2.13. The maximum absolute atomic E-state index is 10.3. The minimum absolute atomic E-state index is 0.0627. The number of nitrogens with one attached hydrogen (secondary N) is 2. The molecule has 0 aromatic carbocycles. The molecule has 1 aromatic heterocycles. The molecular weight excluding hydrogens is 166 g/mol. The minimum atomic E-state index is -1.01. The van der Waals surface area contributed by atoms with Crippen LogP contribution >= 0.6 is 11.3 Å². The molecule has 0 unspecified atom stereocenters. The fourth-order valence-corrected chi connectivity index (χ4v) is 1.23. The lowest BCUT2D eigenvalue weighted by atomic mass is 10.5. The number of anilines is 1. The van der Waals surface area contributed by atoms with Crippen LogP contribution in [0.15, 0.2) is 5.38 Å². The number of carboxylic acids is 1. The molecule has 0 aliphatic rings. The number of carbonyl (C=O) groups is 1. The molecule has 11 heavy (non-hydrogen) atoms. The largest absolute Gasteiger partial charge is 0.476 e. The Morgan fingerprint density at radius 1 is 1.82 bits per heavy atom. The van der Waals surface area contributed by atoms with E-state index in [9.17, 15) is 4.79 Å². The van der Waals surface area contributed by atoms with Crippen LogP contribution in [-0.4, -0.2) is 23.1 Å². The van der Waals surface area contributed by atoms with Crippen molar-refractivity contribution in [2.45, 2.75) is 0 Å². The Morgan fingerprint density at radius 3 is 3.00 bits per heavy atom. The lowest BCUT2D eigenvalue weighted by Crippen LogP contribution is -2.14. The fourth-order valence-electron chi connectivity index (χ4n) is 0.536. The van der Waals surface area contributed by atoms with E-state index in [1.165, 1.54) is 16.7 Å². The first-order valence-electron chi connectivity index (χ1n) is 2.85. The van der Waals surface area contributed by atoms with E-state index in [0.717, 1.165) is 0 Å². The summed E-state index contributed by atoms with van der Waals surface area (Å²) in [5.41, 5.74) is 5.38. The van der Waals surface area contributed by atoms with E-state index >= 15 is 0 Å². The Hall–Kier alpha value is -1.14. The van der Waals surface area contributed by atoms with E-state index in [-0.39, 0.29) is 5.69 Å². The number of aromatic nitrogens is 1. The van der Waals surface area contributed by atoms with Gasteiger partial charge in [-0.15, -0.1) is 11.3 Å². The van der Waals surface area contributed by atoms with Crippen LogP contribution in [0, 0.1) is 0 Å². The Labute approximate surface area is 67.0 Å². The highest BCUT2D eigenvalue weighted by atomic mass is 32.1. The molecule has 0 amide bonds. The van der Waals surface area contributed by atoms with Crippen LogP contribution < -0.4 is 10.9 Å². The van der Waals surface area contributed by atoms with Crippen LogP contribution in [0.3, 0.4) is 0 Å². The zero-order chi connectivity index (χ0) is 8.27. The van der Waals surface area contributed by atoms with Crippen molar-refractivity contribution < 1.29 is 9.90 Å². The molecule has 1 aromatic rings. The summed E-state index contributed by atoms with van der Waals surface area (Å²) in [6, 6.07) is 0. The van der Waals surface area contributed by atoms with Gasteiger partial charge in [0.05, 0.1) is 0 Å². The van der Waals surface area contributed by atoms with Gasteiger partial charge in [0.25, 0.3) is 0 Å². The lowest BCUT2D eigenvalue weighted by Gasteiger charge is -1.94. The quantitative estimate of drug-likeness (QED) is 0.576. The summed E-state index contributed by atoms with van der Waals surface area (Å²) in [5.74, 6) is -1.01. The second-order valence-electron chi connectivity index (χ2n) is 1.72. The van der Waals surface area contributed by atoms with Gasteiger partial charge in [0, 0.05) is 12.4 Å².